The Morgan fingerprint density at radius 3 is 2.69 bits per heavy atom. The largest absolute Gasteiger partial charge is 0.325 e. The molecule has 2 N–H and O–H groups in total. The van der Waals surface area contributed by atoms with E-state index in [1.807, 2.05) is 31.2 Å². The Bertz CT molecular complexity index is 996. The lowest BCUT2D eigenvalue weighted by molar-refractivity contribution is -0.121. The van der Waals surface area contributed by atoms with Gasteiger partial charge in [-0.3, -0.25) is 9.59 Å². The molecule has 1 aliphatic heterocycles. The number of rotatable bonds is 6. The van der Waals surface area contributed by atoms with E-state index in [0.29, 0.717) is 16.2 Å². The number of hydrogen-bond donors (Lipinski definition) is 2. The second-order valence-corrected chi connectivity index (χ2v) is 7.54. The molecule has 1 atom stereocenters. The normalized spacial score (nSPS) is 16.2. The van der Waals surface area contributed by atoms with E-state index in [9.17, 15) is 19.2 Å². The number of amides is 2. The topological polar surface area (TPSA) is 82.0 Å². The summed E-state index contributed by atoms with van der Waals surface area (Å²) >= 11 is 1.12. The number of carbonyl (C=O) groups is 2. The maximum absolute atomic E-state index is 13.2. The zero-order chi connectivity index (χ0) is 20.8. The highest BCUT2D eigenvalue weighted by Gasteiger charge is 2.29. The molecule has 1 heterocycles. The van der Waals surface area contributed by atoms with Crippen molar-refractivity contribution in [2.75, 3.05) is 11.1 Å². The molecule has 0 spiro atoms. The van der Waals surface area contributed by atoms with Gasteiger partial charge in [-0.25, -0.2) is 4.39 Å². The molecule has 3 rings (SSSR count). The number of nitrogens with one attached hydrogen (secondary N) is 2. The van der Waals surface area contributed by atoms with Crippen molar-refractivity contribution in [2.45, 2.75) is 25.7 Å². The smallest absolute Gasteiger partial charge is 0.234 e. The Labute approximate surface area is 173 Å². The number of benzene rings is 2. The summed E-state index contributed by atoms with van der Waals surface area (Å²) in [6.07, 6.45) is 0.900. The molecule has 0 aromatic heterocycles. The van der Waals surface area contributed by atoms with Gasteiger partial charge < -0.3 is 10.6 Å². The Balaban J connectivity index is 1.75. The molecule has 2 amide bonds. The number of nitrogens with zero attached hydrogens (tertiary/aromatic N) is 1. The van der Waals surface area contributed by atoms with Crippen LogP contribution in [0.3, 0.4) is 0 Å². The fourth-order valence-electron chi connectivity index (χ4n) is 3.19. The molecule has 1 aliphatic rings. The van der Waals surface area contributed by atoms with Crippen LogP contribution in [0.4, 0.5) is 10.1 Å². The average Bonchev–Trinajstić information content (AvgIpc) is 2.72. The minimum atomic E-state index is -0.458. The van der Waals surface area contributed by atoms with Gasteiger partial charge in [0.05, 0.1) is 22.4 Å². The van der Waals surface area contributed by atoms with Crippen molar-refractivity contribution in [3.63, 3.8) is 0 Å². The average molecular weight is 409 g/mol. The van der Waals surface area contributed by atoms with Crippen LogP contribution in [0.5, 0.6) is 0 Å². The first kappa shape index (κ1) is 20.6. The van der Waals surface area contributed by atoms with Gasteiger partial charge in [0.15, 0.2) is 0 Å². The number of thioether (sulfide) groups is 1. The van der Waals surface area contributed by atoms with Gasteiger partial charge in [0.2, 0.25) is 11.8 Å². The Morgan fingerprint density at radius 2 is 2.00 bits per heavy atom. The summed E-state index contributed by atoms with van der Waals surface area (Å²) in [6, 6.07) is 15.5. The van der Waals surface area contributed by atoms with Crippen LogP contribution in [0.1, 0.15) is 30.4 Å². The van der Waals surface area contributed by atoms with Crippen LogP contribution in [0.25, 0.3) is 0 Å². The summed E-state index contributed by atoms with van der Waals surface area (Å²) in [4.78, 5) is 24.6. The van der Waals surface area contributed by atoms with E-state index in [0.717, 1.165) is 29.4 Å². The molecule has 5 nitrogen and oxygen atoms in total. The monoisotopic (exact) mass is 409 g/mol. The molecule has 0 radical (unpaired) electrons. The van der Waals surface area contributed by atoms with E-state index in [1.165, 1.54) is 12.1 Å². The van der Waals surface area contributed by atoms with Crippen LogP contribution in [0.2, 0.25) is 0 Å². The number of nitriles is 1. The summed E-state index contributed by atoms with van der Waals surface area (Å²) in [6.45, 7) is 2.01. The minimum absolute atomic E-state index is 0.0506. The van der Waals surface area contributed by atoms with E-state index in [2.05, 4.69) is 16.7 Å². The number of hydrogen-bond acceptors (Lipinski definition) is 4. The number of allylic oxidation sites excluding steroid dienone is 1. The molecule has 0 unspecified atom stereocenters. The summed E-state index contributed by atoms with van der Waals surface area (Å²) < 4.78 is 13.2. The molecule has 0 saturated heterocycles. The summed E-state index contributed by atoms with van der Waals surface area (Å²) in [5.41, 5.74) is 2.86. The van der Waals surface area contributed by atoms with Gasteiger partial charge in [-0.1, -0.05) is 49.0 Å². The lowest BCUT2D eigenvalue weighted by Gasteiger charge is -2.25. The van der Waals surface area contributed by atoms with Crippen LogP contribution in [-0.4, -0.2) is 17.6 Å². The standard InChI is InChI=1S/C22H20FN3O2S/c1-2-14-5-3-4-6-19(14)25-21(28)13-29-22-18(12-24)17(11-20(27)26-22)15-7-9-16(23)10-8-15/h3-10,17H,2,11,13H2,1H3,(H,25,28)(H,26,27)/t17-/m0/s1. The predicted octanol–water partition coefficient (Wildman–Crippen LogP) is 4.10. The lowest BCUT2D eigenvalue weighted by Crippen LogP contribution is -2.31. The molecule has 0 fully saturated rings. The number of anilines is 1. The van der Waals surface area contributed by atoms with Crippen molar-refractivity contribution in [3.05, 3.63) is 76.1 Å². The summed E-state index contributed by atoms with van der Waals surface area (Å²) in [5.74, 6) is -1.25. The second kappa shape index (κ2) is 9.39. The molecule has 29 heavy (non-hydrogen) atoms. The third kappa shape index (κ3) is 5.04. The molecular formula is C22H20FN3O2S. The number of para-hydroxylation sites is 1. The van der Waals surface area contributed by atoms with Gasteiger partial charge in [-0.15, -0.1) is 0 Å². The first-order chi connectivity index (χ1) is 14.0. The Kier molecular flexibility index (Phi) is 6.68. The Hall–Kier alpha value is -3.11. The van der Waals surface area contributed by atoms with E-state index in [-0.39, 0.29) is 29.8 Å². The molecule has 148 valence electrons. The number of carbonyl (C=O) groups excluding carboxylic acids is 2. The molecule has 2 aromatic rings. The van der Waals surface area contributed by atoms with Crippen molar-refractivity contribution in [1.82, 2.24) is 5.32 Å². The molecule has 2 aromatic carbocycles. The van der Waals surface area contributed by atoms with Crippen LogP contribution in [0, 0.1) is 17.1 Å². The SMILES string of the molecule is CCc1ccccc1NC(=O)CSC1=C(C#N)[C@H](c2ccc(F)cc2)CC(=O)N1. The molecule has 0 saturated carbocycles. The van der Waals surface area contributed by atoms with Crippen molar-refractivity contribution in [3.8, 4) is 6.07 Å². The minimum Gasteiger partial charge on any atom is -0.325 e. The number of halogens is 1. The van der Waals surface area contributed by atoms with Gasteiger partial charge in [0, 0.05) is 18.0 Å². The maximum Gasteiger partial charge on any atom is 0.234 e. The summed E-state index contributed by atoms with van der Waals surface area (Å²) in [5, 5.41) is 15.6. The number of aryl methyl sites for hydroxylation is 1. The van der Waals surface area contributed by atoms with Gasteiger partial charge in [0.1, 0.15) is 5.82 Å². The van der Waals surface area contributed by atoms with Crippen LogP contribution in [-0.2, 0) is 16.0 Å². The van der Waals surface area contributed by atoms with E-state index in [4.69, 9.17) is 0 Å². The predicted molar refractivity (Wildman–Crippen MR) is 111 cm³/mol. The second-order valence-electron chi connectivity index (χ2n) is 6.56. The van der Waals surface area contributed by atoms with Crippen LogP contribution in [0.15, 0.2) is 59.1 Å². The molecule has 0 bridgehead atoms. The highest BCUT2D eigenvalue weighted by Crippen LogP contribution is 2.36. The van der Waals surface area contributed by atoms with Crippen molar-refractivity contribution in [1.29, 1.82) is 5.26 Å². The van der Waals surface area contributed by atoms with Crippen LogP contribution < -0.4 is 10.6 Å². The quantitative estimate of drug-likeness (QED) is 0.753. The van der Waals surface area contributed by atoms with Crippen molar-refractivity contribution in [2.24, 2.45) is 0 Å². The molecule has 7 heteroatoms. The molecular weight excluding hydrogens is 389 g/mol. The van der Waals surface area contributed by atoms with E-state index < -0.39 is 5.92 Å². The zero-order valence-electron chi connectivity index (χ0n) is 15.9. The fraction of sp³-hybridized carbons (Fsp3) is 0.227. The zero-order valence-corrected chi connectivity index (χ0v) is 16.7. The fourth-order valence-corrected chi connectivity index (χ4v) is 4.06. The van der Waals surface area contributed by atoms with Crippen molar-refractivity contribution >= 4 is 29.3 Å². The Morgan fingerprint density at radius 1 is 1.28 bits per heavy atom. The highest BCUT2D eigenvalue weighted by atomic mass is 32.2. The first-order valence-electron chi connectivity index (χ1n) is 9.22. The van der Waals surface area contributed by atoms with Gasteiger partial charge in [-0.2, -0.15) is 5.26 Å². The van der Waals surface area contributed by atoms with E-state index >= 15 is 0 Å². The molecule has 0 aliphatic carbocycles. The lowest BCUT2D eigenvalue weighted by atomic mass is 9.87. The summed E-state index contributed by atoms with van der Waals surface area (Å²) in [7, 11) is 0. The van der Waals surface area contributed by atoms with Crippen LogP contribution >= 0.6 is 11.8 Å². The van der Waals surface area contributed by atoms with E-state index in [1.54, 1.807) is 12.1 Å². The maximum atomic E-state index is 13.2. The first-order valence-corrected chi connectivity index (χ1v) is 10.2. The van der Waals surface area contributed by atoms with Gasteiger partial charge >= 0.3 is 0 Å². The highest BCUT2D eigenvalue weighted by molar-refractivity contribution is 8.03. The third-order valence-corrected chi connectivity index (χ3v) is 5.67. The van der Waals surface area contributed by atoms with Gasteiger partial charge in [0.25, 0.3) is 0 Å². The van der Waals surface area contributed by atoms with Crippen molar-refractivity contribution < 1.29 is 14.0 Å². The van der Waals surface area contributed by atoms with Gasteiger partial charge in [-0.05, 0) is 35.7 Å². The third-order valence-electron chi connectivity index (χ3n) is 4.65.